The van der Waals surface area contributed by atoms with Gasteiger partial charge in [-0.3, -0.25) is 0 Å². The van der Waals surface area contributed by atoms with Crippen molar-refractivity contribution in [3.05, 3.63) is 29.1 Å². The topological polar surface area (TPSA) is 15.3 Å². The molecule has 0 saturated carbocycles. The SMILES string of the molecule is CCC1CN(c2c(F)c(F)c(F)c(F)c2F)CCCN1. The average molecular weight is 294 g/mol. The number of hydrogen-bond donors (Lipinski definition) is 1. The number of hydrogen-bond acceptors (Lipinski definition) is 2. The predicted molar refractivity (Wildman–Crippen MR) is 65.1 cm³/mol. The van der Waals surface area contributed by atoms with E-state index in [1.807, 2.05) is 6.92 Å². The van der Waals surface area contributed by atoms with Crippen LogP contribution in [0, 0.1) is 29.1 Å². The van der Waals surface area contributed by atoms with Crippen molar-refractivity contribution in [1.82, 2.24) is 5.32 Å². The maximum absolute atomic E-state index is 13.8. The lowest BCUT2D eigenvalue weighted by Crippen LogP contribution is -2.38. The highest BCUT2D eigenvalue weighted by Gasteiger charge is 2.30. The molecule has 1 fully saturated rings. The van der Waals surface area contributed by atoms with E-state index < -0.39 is 34.8 Å². The second kappa shape index (κ2) is 5.95. The van der Waals surface area contributed by atoms with Crippen molar-refractivity contribution >= 4 is 5.69 Å². The number of nitrogens with zero attached hydrogens (tertiary/aromatic N) is 1. The summed E-state index contributed by atoms with van der Waals surface area (Å²) in [5.41, 5.74) is -0.830. The number of rotatable bonds is 2. The van der Waals surface area contributed by atoms with Crippen LogP contribution in [-0.2, 0) is 0 Å². The highest BCUT2D eigenvalue weighted by molar-refractivity contribution is 5.51. The van der Waals surface area contributed by atoms with Crippen molar-refractivity contribution in [3.8, 4) is 0 Å². The lowest BCUT2D eigenvalue weighted by molar-refractivity contribution is 0.377. The molecular weight excluding hydrogens is 279 g/mol. The number of halogens is 5. The Labute approximate surface area is 113 Å². The molecule has 1 N–H and O–H groups in total. The monoisotopic (exact) mass is 294 g/mol. The van der Waals surface area contributed by atoms with Gasteiger partial charge in [-0.1, -0.05) is 6.92 Å². The van der Waals surface area contributed by atoms with Crippen LogP contribution in [0.4, 0.5) is 27.6 Å². The molecule has 1 aliphatic rings. The van der Waals surface area contributed by atoms with Crippen molar-refractivity contribution in [3.63, 3.8) is 0 Å². The molecule has 1 aromatic carbocycles. The zero-order valence-corrected chi connectivity index (χ0v) is 10.9. The van der Waals surface area contributed by atoms with Crippen LogP contribution in [0.3, 0.4) is 0 Å². The molecule has 1 heterocycles. The van der Waals surface area contributed by atoms with Crippen LogP contribution < -0.4 is 10.2 Å². The standard InChI is InChI=1S/C13H15F5N2/c1-2-7-6-20(5-3-4-19-7)13-11(17)9(15)8(14)10(16)12(13)18/h7,19H,2-6H2,1H3. The molecule has 0 aromatic heterocycles. The molecule has 0 bridgehead atoms. The van der Waals surface area contributed by atoms with Gasteiger partial charge in [-0.15, -0.1) is 0 Å². The van der Waals surface area contributed by atoms with Gasteiger partial charge in [0.05, 0.1) is 0 Å². The largest absolute Gasteiger partial charge is 0.365 e. The van der Waals surface area contributed by atoms with Gasteiger partial charge in [-0.2, -0.15) is 0 Å². The maximum Gasteiger partial charge on any atom is 0.200 e. The van der Waals surface area contributed by atoms with E-state index in [4.69, 9.17) is 0 Å². The average Bonchev–Trinajstić information content (AvgIpc) is 2.69. The fourth-order valence-corrected chi connectivity index (χ4v) is 2.35. The molecule has 2 rings (SSSR count). The minimum absolute atomic E-state index is 0.0486. The Kier molecular flexibility index (Phi) is 4.47. The third-order valence-corrected chi connectivity index (χ3v) is 3.47. The molecule has 112 valence electrons. The molecule has 1 aromatic rings. The van der Waals surface area contributed by atoms with Crippen molar-refractivity contribution in [1.29, 1.82) is 0 Å². The molecule has 1 aliphatic heterocycles. The van der Waals surface area contributed by atoms with Crippen LogP contribution in [0.1, 0.15) is 19.8 Å². The van der Waals surface area contributed by atoms with Crippen LogP contribution in [0.5, 0.6) is 0 Å². The van der Waals surface area contributed by atoms with Crippen molar-refractivity contribution < 1.29 is 22.0 Å². The Morgan fingerprint density at radius 1 is 1.00 bits per heavy atom. The summed E-state index contributed by atoms with van der Waals surface area (Å²) in [7, 11) is 0. The van der Waals surface area contributed by atoms with Crippen molar-refractivity contribution in [2.24, 2.45) is 0 Å². The fraction of sp³-hybridized carbons (Fsp3) is 0.538. The lowest BCUT2D eigenvalue weighted by Gasteiger charge is -2.27. The van der Waals surface area contributed by atoms with Gasteiger partial charge in [0.1, 0.15) is 5.69 Å². The van der Waals surface area contributed by atoms with Crippen LogP contribution in [-0.4, -0.2) is 25.7 Å². The van der Waals surface area contributed by atoms with E-state index in [-0.39, 0.29) is 19.1 Å². The zero-order valence-electron chi connectivity index (χ0n) is 10.9. The van der Waals surface area contributed by atoms with Crippen molar-refractivity contribution in [2.45, 2.75) is 25.8 Å². The first kappa shape index (κ1) is 15.0. The summed E-state index contributed by atoms with van der Waals surface area (Å²) < 4.78 is 67.0. The molecule has 20 heavy (non-hydrogen) atoms. The predicted octanol–water partition coefficient (Wildman–Crippen LogP) is 2.96. The molecule has 0 amide bonds. The number of anilines is 1. The van der Waals surface area contributed by atoms with E-state index in [1.165, 1.54) is 4.90 Å². The molecular formula is C13H15F5N2. The third kappa shape index (κ3) is 2.59. The molecule has 1 saturated heterocycles. The van der Waals surface area contributed by atoms with Crippen LogP contribution in [0.2, 0.25) is 0 Å². The fourth-order valence-electron chi connectivity index (χ4n) is 2.35. The highest BCUT2D eigenvalue weighted by Crippen LogP contribution is 2.31. The Morgan fingerprint density at radius 2 is 1.55 bits per heavy atom. The minimum atomic E-state index is -2.12. The lowest BCUT2D eigenvalue weighted by atomic mass is 10.2. The third-order valence-electron chi connectivity index (χ3n) is 3.47. The Balaban J connectivity index is 2.46. The second-order valence-electron chi connectivity index (χ2n) is 4.78. The summed E-state index contributed by atoms with van der Waals surface area (Å²) in [6, 6.07) is -0.0486. The molecule has 0 spiro atoms. The Hall–Kier alpha value is -1.37. The number of nitrogens with one attached hydrogen (secondary N) is 1. The summed E-state index contributed by atoms with van der Waals surface area (Å²) in [6.07, 6.45) is 1.27. The Bertz CT molecular complexity index is 477. The van der Waals surface area contributed by atoms with Gasteiger partial charge in [0, 0.05) is 19.1 Å². The summed E-state index contributed by atoms with van der Waals surface area (Å²) in [6.45, 7) is 2.97. The molecule has 2 nitrogen and oxygen atoms in total. The van der Waals surface area contributed by atoms with E-state index >= 15 is 0 Å². The van der Waals surface area contributed by atoms with E-state index in [9.17, 15) is 22.0 Å². The smallest absolute Gasteiger partial charge is 0.200 e. The van der Waals surface area contributed by atoms with Crippen molar-refractivity contribution in [2.75, 3.05) is 24.5 Å². The van der Waals surface area contributed by atoms with E-state index in [0.29, 0.717) is 19.4 Å². The maximum atomic E-state index is 13.8. The highest BCUT2D eigenvalue weighted by atomic mass is 19.2. The molecule has 0 aliphatic carbocycles. The summed E-state index contributed by atoms with van der Waals surface area (Å²) in [5.74, 6) is -9.45. The van der Waals surface area contributed by atoms with Gasteiger partial charge in [-0.05, 0) is 19.4 Å². The van der Waals surface area contributed by atoms with E-state index in [1.54, 1.807) is 0 Å². The van der Waals surface area contributed by atoms with Gasteiger partial charge < -0.3 is 10.2 Å². The van der Waals surface area contributed by atoms with Gasteiger partial charge in [0.2, 0.25) is 5.82 Å². The first-order valence-electron chi connectivity index (χ1n) is 6.47. The van der Waals surface area contributed by atoms with Gasteiger partial charge >= 0.3 is 0 Å². The van der Waals surface area contributed by atoms with Crippen LogP contribution >= 0.6 is 0 Å². The summed E-state index contributed by atoms with van der Waals surface area (Å²) in [5, 5.41) is 3.16. The summed E-state index contributed by atoms with van der Waals surface area (Å²) in [4.78, 5) is 1.23. The van der Waals surface area contributed by atoms with E-state index in [2.05, 4.69) is 5.32 Å². The van der Waals surface area contributed by atoms with E-state index in [0.717, 1.165) is 0 Å². The minimum Gasteiger partial charge on any atom is -0.365 e. The zero-order chi connectivity index (χ0) is 14.9. The second-order valence-corrected chi connectivity index (χ2v) is 4.78. The molecule has 7 heteroatoms. The first-order chi connectivity index (χ1) is 9.47. The van der Waals surface area contributed by atoms with Gasteiger partial charge in [0.15, 0.2) is 23.3 Å². The quantitative estimate of drug-likeness (QED) is 0.512. The first-order valence-corrected chi connectivity index (χ1v) is 6.47. The molecule has 0 radical (unpaired) electrons. The van der Waals surface area contributed by atoms with Gasteiger partial charge in [0.25, 0.3) is 0 Å². The van der Waals surface area contributed by atoms with Crippen LogP contribution in [0.15, 0.2) is 0 Å². The Morgan fingerprint density at radius 3 is 2.10 bits per heavy atom. The van der Waals surface area contributed by atoms with Gasteiger partial charge in [-0.25, -0.2) is 22.0 Å². The molecule has 1 unspecified atom stereocenters. The van der Waals surface area contributed by atoms with Crippen LogP contribution in [0.25, 0.3) is 0 Å². The molecule has 1 atom stereocenters. The number of benzene rings is 1. The summed E-state index contributed by atoms with van der Waals surface area (Å²) >= 11 is 0. The normalized spacial score (nSPS) is 20.1.